The van der Waals surface area contributed by atoms with Crippen molar-refractivity contribution in [2.24, 2.45) is 0 Å². The number of nitrogens with zero attached hydrogens (tertiary/aromatic N) is 1. The van der Waals surface area contributed by atoms with E-state index in [2.05, 4.69) is 5.32 Å². The number of rotatable bonds is 7. The first-order valence-electron chi connectivity index (χ1n) is 6.90. The number of methoxy groups -OCH3 is 1. The summed E-state index contributed by atoms with van der Waals surface area (Å²) in [6.07, 6.45) is 2.92. The van der Waals surface area contributed by atoms with Crippen molar-refractivity contribution in [1.82, 2.24) is 5.32 Å². The van der Waals surface area contributed by atoms with E-state index in [1.54, 1.807) is 12.1 Å². The van der Waals surface area contributed by atoms with E-state index in [1.165, 1.54) is 19.2 Å². The van der Waals surface area contributed by atoms with Gasteiger partial charge >= 0.3 is 5.97 Å². The van der Waals surface area contributed by atoms with E-state index < -0.39 is 0 Å². The Labute approximate surface area is 118 Å². The van der Waals surface area contributed by atoms with Crippen LogP contribution in [-0.4, -0.2) is 38.8 Å². The van der Waals surface area contributed by atoms with Gasteiger partial charge in [0.2, 0.25) is 0 Å². The van der Waals surface area contributed by atoms with E-state index in [4.69, 9.17) is 4.74 Å². The van der Waals surface area contributed by atoms with Crippen LogP contribution < -0.4 is 10.2 Å². The fourth-order valence-corrected chi connectivity index (χ4v) is 2.09. The van der Waals surface area contributed by atoms with Crippen molar-refractivity contribution >= 4 is 11.7 Å². The summed E-state index contributed by atoms with van der Waals surface area (Å²) in [5.74, 6) is -0.464. The van der Waals surface area contributed by atoms with Crippen LogP contribution in [0, 0.1) is 5.82 Å². The molecule has 20 heavy (non-hydrogen) atoms. The van der Waals surface area contributed by atoms with Gasteiger partial charge in [0.05, 0.1) is 7.11 Å². The smallest absolute Gasteiger partial charge is 0.322 e. The maximum atomic E-state index is 12.9. The first kappa shape index (κ1) is 14.8. The Kier molecular flexibility index (Phi) is 4.95. The zero-order valence-corrected chi connectivity index (χ0v) is 11.9. The molecule has 1 aliphatic carbocycles. The third-order valence-corrected chi connectivity index (χ3v) is 3.52. The van der Waals surface area contributed by atoms with Gasteiger partial charge in [-0.1, -0.05) is 0 Å². The molecule has 1 aromatic rings. The van der Waals surface area contributed by atoms with Gasteiger partial charge in [-0.25, -0.2) is 4.39 Å². The summed E-state index contributed by atoms with van der Waals surface area (Å²) in [7, 11) is 3.34. The van der Waals surface area contributed by atoms with Crippen molar-refractivity contribution in [3.05, 3.63) is 30.1 Å². The van der Waals surface area contributed by atoms with Crippen LogP contribution in [0.1, 0.15) is 19.3 Å². The normalized spacial score (nSPS) is 15.8. The molecule has 0 bridgehead atoms. The molecule has 1 aromatic carbocycles. The number of nitrogens with one attached hydrogen (secondary N) is 1. The zero-order valence-electron chi connectivity index (χ0n) is 11.9. The molecule has 1 aliphatic rings. The molecule has 5 heteroatoms. The molecular weight excluding hydrogens is 259 g/mol. The van der Waals surface area contributed by atoms with E-state index in [-0.39, 0.29) is 17.8 Å². The highest BCUT2D eigenvalue weighted by Crippen LogP contribution is 2.21. The molecule has 2 rings (SSSR count). The summed E-state index contributed by atoms with van der Waals surface area (Å²) in [4.78, 5) is 13.7. The standard InChI is InChI=1S/C15H21FN2O2/c1-18(13-7-3-11(16)4-8-13)10-9-14(15(19)20-2)17-12-5-6-12/h3-4,7-8,12,14,17H,5-6,9-10H2,1-2H3. The lowest BCUT2D eigenvalue weighted by molar-refractivity contribution is -0.143. The Hall–Kier alpha value is -1.62. The predicted molar refractivity (Wildman–Crippen MR) is 76.2 cm³/mol. The number of benzene rings is 1. The van der Waals surface area contributed by atoms with Crippen LogP contribution in [0.5, 0.6) is 0 Å². The second-order valence-electron chi connectivity index (χ2n) is 5.20. The minimum Gasteiger partial charge on any atom is -0.468 e. The number of hydrogen-bond donors (Lipinski definition) is 1. The molecular formula is C15H21FN2O2. The molecule has 0 spiro atoms. The van der Waals surface area contributed by atoms with Crippen LogP contribution in [0.15, 0.2) is 24.3 Å². The van der Waals surface area contributed by atoms with Crippen LogP contribution in [0.25, 0.3) is 0 Å². The number of carbonyl (C=O) groups excluding carboxylic acids is 1. The topological polar surface area (TPSA) is 41.6 Å². The number of halogens is 1. The second-order valence-corrected chi connectivity index (χ2v) is 5.20. The number of anilines is 1. The summed E-state index contributed by atoms with van der Waals surface area (Å²) in [6.45, 7) is 0.700. The lowest BCUT2D eigenvalue weighted by Crippen LogP contribution is -2.41. The van der Waals surface area contributed by atoms with E-state index in [1.807, 2.05) is 11.9 Å². The average Bonchev–Trinajstić information content (AvgIpc) is 3.27. The Morgan fingerprint density at radius 1 is 1.45 bits per heavy atom. The minimum atomic E-state index is -0.268. The van der Waals surface area contributed by atoms with E-state index in [0.29, 0.717) is 19.0 Å². The van der Waals surface area contributed by atoms with E-state index in [9.17, 15) is 9.18 Å². The predicted octanol–water partition coefficient (Wildman–Crippen LogP) is 1.95. The lowest BCUT2D eigenvalue weighted by Gasteiger charge is -2.23. The van der Waals surface area contributed by atoms with Crippen LogP contribution in [0.3, 0.4) is 0 Å². The Bertz CT molecular complexity index is 446. The van der Waals surface area contributed by atoms with Gasteiger partial charge < -0.3 is 15.0 Å². The first-order valence-corrected chi connectivity index (χ1v) is 6.90. The monoisotopic (exact) mass is 280 g/mol. The summed E-state index contributed by atoms with van der Waals surface area (Å²) < 4.78 is 17.7. The SMILES string of the molecule is COC(=O)C(CCN(C)c1ccc(F)cc1)NC1CC1. The fourth-order valence-electron chi connectivity index (χ4n) is 2.09. The van der Waals surface area contributed by atoms with Gasteiger partial charge in [0.15, 0.2) is 0 Å². The number of esters is 1. The quantitative estimate of drug-likeness (QED) is 0.775. The highest BCUT2D eigenvalue weighted by atomic mass is 19.1. The summed E-state index contributed by atoms with van der Waals surface area (Å²) in [5.41, 5.74) is 0.932. The molecule has 1 fully saturated rings. The van der Waals surface area contributed by atoms with Gasteiger partial charge in [-0.05, 0) is 43.5 Å². The maximum Gasteiger partial charge on any atom is 0.322 e. The van der Waals surface area contributed by atoms with Crippen molar-refractivity contribution in [3.63, 3.8) is 0 Å². The van der Waals surface area contributed by atoms with Crippen LogP contribution in [0.2, 0.25) is 0 Å². The largest absolute Gasteiger partial charge is 0.468 e. The van der Waals surface area contributed by atoms with Gasteiger partial charge in [0, 0.05) is 25.3 Å². The van der Waals surface area contributed by atoms with Crippen molar-refractivity contribution in [2.75, 3.05) is 25.6 Å². The van der Waals surface area contributed by atoms with Gasteiger partial charge in [0.25, 0.3) is 0 Å². The van der Waals surface area contributed by atoms with Gasteiger partial charge in [-0.2, -0.15) is 0 Å². The Morgan fingerprint density at radius 2 is 2.10 bits per heavy atom. The second kappa shape index (κ2) is 6.70. The zero-order chi connectivity index (χ0) is 14.5. The molecule has 1 atom stereocenters. The van der Waals surface area contributed by atoms with Gasteiger partial charge in [-0.3, -0.25) is 4.79 Å². The average molecular weight is 280 g/mol. The maximum absolute atomic E-state index is 12.9. The summed E-state index contributed by atoms with van der Waals surface area (Å²) in [6, 6.07) is 6.52. The number of ether oxygens (including phenoxy) is 1. The summed E-state index contributed by atoms with van der Waals surface area (Å²) >= 11 is 0. The summed E-state index contributed by atoms with van der Waals surface area (Å²) in [5, 5.41) is 3.30. The molecule has 110 valence electrons. The van der Waals surface area contributed by atoms with Crippen molar-refractivity contribution in [1.29, 1.82) is 0 Å². The van der Waals surface area contributed by atoms with Crippen molar-refractivity contribution in [2.45, 2.75) is 31.3 Å². The third kappa shape index (κ3) is 4.20. The lowest BCUT2D eigenvalue weighted by atomic mass is 10.2. The van der Waals surface area contributed by atoms with Gasteiger partial charge in [0.1, 0.15) is 11.9 Å². The molecule has 0 aliphatic heterocycles. The molecule has 0 saturated heterocycles. The first-order chi connectivity index (χ1) is 9.60. The van der Waals surface area contributed by atoms with Crippen LogP contribution >= 0.6 is 0 Å². The molecule has 0 heterocycles. The molecule has 1 N–H and O–H groups in total. The highest BCUT2D eigenvalue weighted by Gasteiger charge is 2.28. The highest BCUT2D eigenvalue weighted by molar-refractivity contribution is 5.75. The fraction of sp³-hybridized carbons (Fsp3) is 0.533. The van der Waals surface area contributed by atoms with Gasteiger partial charge in [-0.15, -0.1) is 0 Å². The molecule has 0 radical (unpaired) electrons. The molecule has 1 saturated carbocycles. The van der Waals surface area contributed by atoms with Crippen LogP contribution in [-0.2, 0) is 9.53 Å². The number of carbonyl (C=O) groups is 1. The van der Waals surface area contributed by atoms with Crippen LogP contribution in [0.4, 0.5) is 10.1 Å². The van der Waals surface area contributed by atoms with Crippen molar-refractivity contribution < 1.29 is 13.9 Å². The Balaban J connectivity index is 1.87. The Morgan fingerprint density at radius 3 is 2.65 bits per heavy atom. The molecule has 1 unspecified atom stereocenters. The molecule has 4 nitrogen and oxygen atoms in total. The van der Waals surface area contributed by atoms with E-state index >= 15 is 0 Å². The third-order valence-electron chi connectivity index (χ3n) is 3.52. The minimum absolute atomic E-state index is 0.218. The van der Waals surface area contributed by atoms with E-state index in [0.717, 1.165) is 18.5 Å². The molecule has 0 aromatic heterocycles. The number of hydrogen-bond acceptors (Lipinski definition) is 4. The van der Waals surface area contributed by atoms with Crippen molar-refractivity contribution in [3.8, 4) is 0 Å². The molecule has 0 amide bonds.